The van der Waals surface area contributed by atoms with Crippen LogP contribution in [-0.4, -0.2) is 39.1 Å². The Bertz CT molecular complexity index is 1160. The Kier molecular flexibility index (Phi) is 7.22. The maximum Gasteiger partial charge on any atom is 0.305 e. The molecule has 1 amide bonds. The molecule has 0 heterocycles. The number of carbonyl (C=O) groups excluding carboxylic acids is 1. The van der Waals surface area contributed by atoms with E-state index >= 15 is 0 Å². The number of benzene rings is 3. The maximum absolute atomic E-state index is 13.2. The molecule has 3 aromatic rings. The molecule has 0 aliphatic heterocycles. The number of carboxylic acid groups (broad SMARTS) is 1. The number of carboxylic acids is 1. The zero-order chi connectivity index (χ0) is 24.2. The van der Waals surface area contributed by atoms with Crippen molar-refractivity contribution in [3.63, 3.8) is 0 Å². The first kappa shape index (κ1) is 24.1. The second-order valence-electron chi connectivity index (χ2n) is 9.26. The summed E-state index contributed by atoms with van der Waals surface area (Å²) in [6, 6.07) is 19.0. The third-order valence-corrected chi connectivity index (χ3v) is 5.82. The summed E-state index contributed by atoms with van der Waals surface area (Å²) in [5, 5.41) is 20.8. The van der Waals surface area contributed by atoms with Gasteiger partial charge in [-0.3, -0.25) is 9.59 Å². The topological polar surface area (TPSA) is 77.8 Å². The average Bonchev–Trinajstić information content (AvgIpc) is 2.76. The highest BCUT2D eigenvalue weighted by Gasteiger charge is 2.28. The molecule has 0 spiro atoms. The van der Waals surface area contributed by atoms with Gasteiger partial charge in [0.25, 0.3) is 5.91 Å². The summed E-state index contributed by atoms with van der Waals surface area (Å²) in [5.41, 5.74) is 2.24. The molecule has 172 valence electrons. The zero-order valence-electron chi connectivity index (χ0n) is 19.4. The molecule has 0 radical (unpaired) electrons. The quantitative estimate of drug-likeness (QED) is 0.419. The molecule has 0 aliphatic rings. The summed E-state index contributed by atoms with van der Waals surface area (Å²) < 4.78 is 0. The second kappa shape index (κ2) is 9.90. The molecule has 3 rings (SSSR count). The van der Waals surface area contributed by atoms with E-state index in [1.54, 1.807) is 17.0 Å². The largest absolute Gasteiger partial charge is 0.508 e. The number of aliphatic carboxylic acids is 1. The van der Waals surface area contributed by atoms with E-state index in [0.29, 0.717) is 5.56 Å². The molecule has 0 saturated carbocycles. The van der Waals surface area contributed by atoms with E-state index in [2.05, 4.69) is 18.7 Å². The van der Waals surface area contributed by atoms with Crippen molar-refractivity contribution in [2.45, 2.75) is 45.1 Å². The number of allylic oxidation sites excluding steroid dienone is 1. The second-order valence-corrected chi connectivity index (χ2v) is 9.26. The fourth-order valence-corrected chi connectivity index (χ4v) is 4.06. The van der Waals surface area contributed by atoms with Gasteiger partial charge < -0.3 is 15.1 Å². The molecule has 5 heteroatoms. The van der Waals surface area contributed by atoms with E-state index in [0.717, 1.165) is 28.3 Å². The van der Waals surface area contributed by atoms with Gasteiger partial charge in [-0.05, 0) is 73.4 Å². The van der Waals surface area contributed by atoms with Gasteiger partial charge in [0.2, 0.25) is 0 Å². The Hall–Kier alpha value is -3.60. The van der Waals surface area contributed by atoms with Crippen LogP contribution in [-0.2, 0) is 4.79 Å². The molecule has 33 heavy (non-hydrogen) atoms. The molecule has 5 nitrogen and oxygen atoms in total. The van der Waals surface area contributed by atoms with Crippen LogP contribution in [0, 0.1) is 0 Å². The van der Waals surface area contributed by atoms with Gasteiger partial charge in [0.1, 0.15) is 5.75 Å². The average molecular weight is 446 g/mol. The predicted molar refractivity (Wildman–Crippen MR) is 132 cm³/mol. The lowest BCUT2D eigenvalue weighted by molar-refractivity contribution is -0.137. The molecule has 0 saturated heterocycles. The van der Waals surface area contributed by atoms with Crippen molar-refractivity contribution in [1.82, 2.24) is 4.90 Å². The molecule has 3 aromatic carbocycles. The van der Waals surface area contributed by atoms with Gasteiger partial charge >= 0.3 is 5.97 Å². The molecule has 0 aromatic heterocycles. The highest BCUT2D eigenvalue weighted by atomic mass is 16.4. The van der Waals surface area contributed by atoms with Gasteiger partial charge in [-0.1, -0.05) is 42.5 Å². The lowest BCUT2D eigenvalue weighted by Crippen LogP contribution is -2.46. The van der Waals surface area contributed by atoms with E-state index < -0.39 is 11.5 Å². The van der Waals surface area contributed by atoms with Crippen molar-refractivity contribution in [3.05, 3.63) is 90.0 Å². The summed E-state index contributed by atoms with van der Waals surface area (Å²) in [6.07, 6.45) is 2.53. The molecular formula is C28H31NO4. The number of phenolic OH excluding ortho intramolecular Hbond substituents is 1. The summed E-state index contributed by atoms with van der Waals surface area (Å²) in [7, 11) is 0. The molecule has 2 N–H and O–H groups in total. The third kappa shape index (κ3) is 5.80. The first-order valence-electron chi connectivity index (χ1n) is 11.1. The fraction of sp³-hybridized carbons (Fsp3) is 0.286. The Morgan fingerprint density at radius 2 is 1.58 bits per heavy atom. The standard InChI is InChI=1S/C28H31NO4/c1-5-6-25(23-12-11-22-18-24(30)14-13-21(22)17-23)19-7-9-20(10-8-19)27(33)29(28(2,3)4)16-15-26(31)32/h5,7-14,17-18,25,30H,1,6,15-16H2,2-4H3,(H,31,32)/t25-/m1/s1. The lowest BCUT2D eigenvalue weighted by atomic mass is 9.87. The molecular weight excluding hydrogens is 414 g/mol. The van der Waals surface area contributed by atoms with Crippen LogP contribution < -0.4 is 0 Å². The van der Waals surface area contributed by atoms with Crippen molar-refractivity contribution in [1.29, 1.82) is 0 Å². The fourth-order valence-electron chi connectivity index (χ4n) is 4.06. The molecule has 1 atom stereocenters. The van der Waals surface area contributed by atoms with Gasteiger partial charge in [-0.25, -0.2) is 0 Å². The summed E-state index contributed by atoms with van der Waals surface area (Å²) in [5.74, 6) is -0.785. The summed E-state index contributed by atoms with van der Waals surface area (Å²) in [4.78, 5) is 25.8. The van der Waals surface area contributed by atoms with Crippen LogP contribution in [0.2, 0.25) is 0 Å². The number of hydrogen-bond acceptors (Lipinski definition) is 3. The van der Waals surface area contributed by atoms with Gasteiger partial charge in [-0.15, -0.1) is 6.58 Å². The monoisotopic (exact) mass is 445 g/mol. The number of aromatic hydroxyl groups is 1. The predicted octanol–water partition coefficient (Wildman–Crippen LogP) is 5.97. The van der Waals surface area contributed by atoms with Crippen molar-refractivity contribution in [2.75, 3.05) is 6.54 Å². The number of carbonyl (C=O) groups is 2. The molecule has 0 bridgehead atoms. The summed E-state index contributed by atoms with van der Waals surface area (Å²) >= 11 is 0. The van der Waals surface area contributed by atoms with Crippen molar-refractivity contribution < 1.29 is 19.8 Å². The number of nitrogens with zero attached hydrogens (tertiary/aromatic N) is 1. The first-order valence-corrected chi connectivity index (χ1v) is 11.1. The van der Waals surface area contributed by atoms with Crippen molar-refractivity contribution in [2.24, 2.45) is 0 Å². The minimum Gasteiger partial charge on any atom is -0.508 e. The van der Waals surface area contributed by atoms with Crippen LogP contribution in [0.15, 0.2) is 73.3 Å². The van der Waals surface area contributed by atoms with Crippen LogP contribution in [0.1, 0.15) is 61.0 Å². The van der Waals surface area contributed by atoms with E-state index in [-0.39, 0.29) is 30.5 Å². The normalized spacial score (nSPS) is 12.3. The maximum atomic E-state index is 13.2. The number of hydrogen-bond donors (Lipinski definition) is 2. The van der Waals surface area contributed by atoms with Gasteiger partial charge in [0.05, 0.1) is 6.42 Å². The van der Waals surface area contributed by atoms with Crippen LogP contribution >= 0.6 is 0 Å². The van der Waals surface area contributed by atoms with Crippen molar-refractivity contribution >= 4 is 22.6 Å². The summed E-state index contributed by atoms with van der Waals surface area (Å²) in [6.45, 7) is 9.78. The highest BCUT2D eigenvalue weighted by Crippen LogP contribution is 2.32. The van der Waals surface area contributed by atoms with E-state index in [1.807, 2.05) is 63.2 Å². The van der Waals surface area contributed by atoms with Crippen LogP contribution in [0.3, 0.4) is 0 Å². The SMILES string of the molecule is C=CC[C@H](c1ccc(C(=O)N(CCC(=O)O)C(C)(C)C)cc1)c1ccc2cc(O)ccc2c1. The first-order chi connectivity index (χ1) is 15.6. The molecule has 0 unspecified atom stereocenters. The van der Waals surface area contributed by atoms with Crippen LogP contribution in [0.4, 0.5) is 0 Å². The zero-order valence-corrected chi connectivity index (χ0v) is 19.4. The van der Waals surface area contributed by atoms with E-state index in [4.69, 9.17) is 5.11 Å². The van der Waals surface area contributed by atoms with Gasteiger partial charge in [0, 0.05) is 23.6 Å². The molecule has 0 aliphatic carbocycles. The minimum atomic E-state index is -0.926. The van der Waals surface area contributed by atoms with Crippen LogP contribution in [0.25, 0.3) is 10.8 Å². The van der Waals surface area contributed by atoms with Crippen LogP contribution in [0.5, 0.6) is 5.75 Å². The molecule has 0 fully saturated rings. The van der Waals surface area contributed by atoms with Gasteiger partial charge in [0.15, 0.2) is 0 Å². The number of fused-ring (bicyclic) bond motifs is 1. The number of rotatable bonds is 8. The lowest BCUT2D eigenvalue weighted by Gasteiger charge is -2.35. The minimum absolute atomic E-state index is 0.0792. The smallest absolute Gasteiger partial charge is 0.305 e. The highest BCUT2D eigenvalue weighted by molar-refractivity contribution is 5.95. The Morgan fingerprint density at radius 3 is 2.18 bits per heavy atom. The number of amides is 1. The number of phenols is 1. The Balaban J connectivity index is 1.89. The van der Waals surface area contributed by atoms with Gasteiger partial charge in [-0.2, -0.15) is 0 Å². The van der Waals surface area contributed by atoms with Crippen molar-refractivity contribution in [3.8, 4) is 5.75 Å². The Morgan fingerprint density at radius 1 is 0.970 bits per heavy atom. The third-order valence-electron chi connectivity index (χ3n) is 5.82. The Labute approximate surface area is 195 Å². The van der Waals surface area contributed by atoms with E-state index in [1.165, 1.54) is 0 Å². The van der Waals surface area contributed by atoms with E-state index in [9.17, 15) is 14.7 Å².